The first-order valence-corrected chi connectivity index (χ1v) is 8.30. The minimum atomic E-state index is -0.561. The molecule has 0 aromatic carbocycles. The zero-order valence-corrected chi connectivity index (χ0v) is 16.2. The van der Waals surface area contributed by atoms with E-state index in [0.29, 0.717) is 18.0 Å². The van der Waals surface area contributed by atoms with E-state index in [2.05, 4.69) is 15.7 Å². The summed E-state index contributed by atoms with van der Waals surface area (Å²) in [6.07, 6.45) is 0. The fourth-order valence-electron chi connectivity index (χ4n) is 2.37. The Morgan fingerprint density at radius 3 is 2.71 bits per heavy atom. The Bertz CT molecular complexity index is 692. The Kier molecular flexibility index (Phi) is 7.19. The number of carbonyl (C=O) groups excluding carboxylic acids is 2. The van der Waals surface area contributed by atoms with Crippen molar-refractivity contribution in [1.82, 2.24) is 25.3 Å². The molecule has 9 heteroatoms. The standard InChI is InChI=1S/C15H23N5O2S.ClH/c1-9-11-8-12(23-15(11)20(5)18-9)13(21)17-10(2)14(22)19(4)7-6-16-3;/h8,10,16H,6-7H2,1-5H3,(H,17,21);1H. The highest BCUT2D eigenvalue weighted by molar-refractivity contribution is 7.20. The maximum Gasteiger partial charge on any atom is 0.262 e. The average Bonchev–Trinajstić information content (AvgIpc) is 3.06. The predicted molar refractivity (Wildman–Crippen MR) is 99.1 cm³/mol. The minimum Gasteiger partial charge on any atom is -0.343 e. The number of hydrogen-bond acceptors (Lipinski definition) is 5. The summed E-state index contributed by atoms with van der Waals surface area (Å²) in [6, 6.07) is 1.27. The van der Waals surface area contributed by atoms with Crippen LogP contribution in [0.3, 0.4) is 0 Å². The van der Waals surface area contributed by atoms with Gasteiger partial charge in [-0.1, -0.05) is 0 Å². The van der Waals surface area contributed by atoms with E-state index < -0.39 is 6.04 Å². The van der Waals surface area contributed by atoms with Crippen LogP contribution in [0.2, 0.25) is 0 Å². The predicted octanol–water partition coefficient (Wildman–Crippen LogP) is 1.16. The SMILES string of the molecule is CNCCN(C)C(=O)C(C)NC(=O)c1cc2c(C)nn(C)c2s1.Cl. The quantitative estimate of drug-likeness (QED) is 0.796. The van der Waals surface area contributed by atoms with Crippen LogP contribution in [-0.4, -0.2) is 59.7 Å². The van der Waals surface area contributed by atoms with Crippen LogP contribution in [0, 0.1) is 6.92 Å². The largest absolute Gasteiger partial charge is 0.343 e. The number of amides is 2. The molecule has 0 radical (unpaired) electrons. The second-order valence-corrected chi connectivity index (χ2v) is 6.63. The van der Waals surface area contributed by atoms with Crippen molar-refractivity contribution >= 4 is 45.8 Å². The van der Waals surface area contributed by atoms with Gasteiger partial charge in [-0.05, 0) is 27.0 Å². The molecular weight excluding hydrogens is 350 g/mol. The molecule has 0 aliphatic rings. The number of fused-ring (bicyclic) bond motifs is 1. The van der Waals surface area contributed by atoms with E-state index in [0.717, 1.165) is 15.9 Å². The second-order valence-electron chi connectivity index (χ2n) is 5.60. The maximum absolute atomic E-state index is 12.4. The summed E-state index contributed by atoms with van der Waals surface area (Å²) in [4.78, 5) is 27.8. The van der Waals surface area contributed by atoms with Crippen molar-refractivity contribution in [2.24, 2.45) is 7.05 Å². The molecule has 0 fully saturated rings. The lowest BCUT2D eigenvalue weighted by molar-refractivity contribution is -0.131. The number of aromatic nitrogens is 2. The topological polar surface area (TPSA) is 79.3 Å². The third-order valence-electron chi connectivity index (χ3n) is 3.71. The van der Waals surface area contributed by atoms with Crippen molar-refractivity contribution in [2.75, 3.05) is 27.2 Å². The number of nitrogens with one attached hydrogen (secondary N) is 2. The van der Waals surface area contributed by atoms with Crippen molar-refractivity contribution in [3.63, 3.8) is 0 Å². The number of nitrogens with zero attached hydrogens (tertiary/aromatic N) is 3. The molecule has 2 aromatic rings. The van der Waals surface area contributed by atoms with Crippen LogP contribution in [-0.2, 0) is 11.8 Å². The molecule has 0 aliphatic carbocycles. The number of likely N-dealkylation sites (N-methyl/N-ethyl adjacent to an activating group) is 2. The lowest BCUT2D eigenvalue weighted by Crippen LogP contribution is -2.46. The number of hydrogen-bond donors (Lipinski definition) is 2. The zero-order valence-electron chi connectivity index (χ0n) is 14.5. The summed E-state index contributed by atoms with van der Waals surface area (Å²) < 4.78 is 1.77. The van der Waals surface area contributed by atoms with Gasteiger partial charge in [0, 0.05) is 32.6 Å². The highest BCUT2D eigenvalue weighted by Gasteiger charge is 2.21. The van der Waals surface area contributed by atoms with Crippen LogP contribution in [0.1, 0.15) is 22.3 Å². The maximum atomic E-state index is 12.4. The molecule has 2 rings (SSSR count). The van der Waals surface area contributed by atoms with Crippen LogP contribution < -0.4 is 10.6 Å². The van der Waals surface area contributed by atoms with Gasteiger partial charge in [-0.3, -0.25) is 14.3 Å². The summed E-state index contributed by atoms with van der Waals surface area (Å²) in [5.74, 6) is -0.332. The minimum absolute atomic E-state index is 0. The molecule has 1 unspecified atom stereocenters. The first-order valence-electron chi connectivity index (χ1n) is 7.48. The third-order valence-corrected chi connectivity index (χ3v) is 4.91. The van der Waals surface area contributed by atoms with Gasteiger partial charge in [-0.15, -0.1) is 23.7 Å². The lowest BCUT2D eigenvalue weighted by atomic mass is 10.2. The van der Waals surface area contributed by atoms with Gasteiger partial charge in [-0.2, -0.15) is 5.10 Å². The number of thiophene rings is 1. The fraction of sp³-hybridized carbons (Fsp3) is 0.533. The fourth-order valence-corrected chi connectivity index (χ4v) is 3.39. The molecule has 0 bridgehead atoms. The van der Waals surface area contributed by atoms with Crippen molar-refractivity contribution < 1.29 is 9.59 Å². The van der Waals surface area contributed by atoms with E-state index in [9.17, 15) is 9.59 Å². The van der Waals surface area contributed by atoms with Crippen LogP contribution in [0.25, 0.3) is 10.2 Å². The van der Waals surface area contributed by atoms with E-state index >= 15 is 0 Å². The van der Waals surface area contributed by atoms with Gasteiger partial charge in [0.25, 0.3) is 5.91 Å². The third kappa shape index (κ3) is 4.25. The number of aryl methyl sites for hydroxylation is 2. The lowest BCUT2D eigenvalue weighted by Gasteiger charge is -2.21. The van der Waals surface area contributed by atoms with Gasteiger partial charge in [0.05, 0.1) is 10.6 Å². The summed E-state index contributed by atoms with van der Waals surface area (Å²) in [5, 5.41) is 11.1. The average molecular weight is 374 g/mol. The molecule has 2 amide bonds. The molecule has 2 aromatic heterocycles. The summed E-state index contributed by atoms with van der Waals surface area (Å²) >= 11 is 1.38. The molecule has 7 nitrogen and oxygen atoms in total. The van der Waals surface area contributed by atoms with Crippen LogP contribution in [0.4, 0.5) is 0 Å². The monoisotopic (exact) mass is 373 g/mol. The molecule has 0 spiro atoms. The van der Waals surface area contributed by atoms with Crippen LogP contribution >= 0.6 is 23.7 Å². The van der Waals surface area contributed by atoms with Gasteiger partial charge in [0.1, 0.15) is 10.9 Å². The first-order chi connectivity index (χ1) is 10.8. The van der Waals surface area contributed by atoms with Gasteiger partial charge < -0.3 is 15.5 Å². The Hall–Kier alpha value is -1.64. The van der Waals surface area contributed by atoms with E-state index in [1.54, 1.807) is 23.6 Å². The highest BCUT2D eigenvalue weighted by atomic mass is 35.5. The first kappa shape index (κ1) is 20.4. The molecule has 2 N–H and O–H groups in total. The second kappa shape index (κ2) is 8.46. The molecule has 2 heterocycles. The van der Waals surface area contributed by atoms with Crippen molar-refractivity contribution in [1.29, 1.82) is 0 Å². The Balaban J connectivity index is 0.00000288. The van der Waals surface area contributed by atoms with Crippen molar-refractivity contribution in [3.8, 4) is 0 Å². The number of rotatable bonds is 6. The van der Waals surface area contributed by atoms with Gasteiger partial charge in [0.2, 0.25) is 5.91 Å². The Morgan fingerprint density at radius 2 is 2.12 bits per heavy atom. The Morgan fingerprint density at radius 1 is 1.46 bits per heavy atom. The van der Waals surface area contributed by atoms with E-state index in [-0.39, 0.29) is 24.2 Å². The molecule has 0 aliphatic heterocycles. The van der Waals surface area contributed by atoms with Crippen LogP contribution in [0.15, 0.2) is 6.07 Å². The molecule has 24 heavy (non-hydrogen) atoms. The normalized spacial score (nSPS) is 11.9. The van der Waals surface area contributed by atoms with E-state index in [1.165, 1.54) is 11.3 Å². The zero-order chi connectivity index (χ0) is 17.1. The molecule has 0 saturated heterocycles. The molecule has 0 saturated carbocycles. The van der Waals surface area contributed by atoms with E-state index in [4.69, 9.17) is 0 Å². The van der Waals surface area contributed by atoms with Gasteiger partial charge in [0.15, 0.2) is 0 Å². The van der Waals surface area contributed by atoms with Gasteiger partial charge in [-0.25, -0.2) is 0 Å². The highest BCUT2D eigenvalue weighted by Crippen LogP contribution is 2.27. The van der Waals surface area contributed by atoms with Gasteiger partial charge >= 0.3 is 0 Å². The van der Waals surface area contributed by atoms with E-state index in [1.807, 2.05) is 27.1 Å². The molecule has 1 atom stereocenters. The summed E-state index contributed by atoms with van der Waals surface area (Å²) in [5.41, 5.74) is 0.897. The number of carbonyl (C=O) groups is 2. The smallest absolute Gasteiger partial charge is 0.262 e. The summed E-state index contributed by atoms with van der Waals surface area (Å²) in [7, 11) is 5.43. The molecule has 134 valence electrons. The number of halogens is 1. The molecular formula is C15H24ClN5O2S. The van der Waals surface area contributed by atoms with Crippen molar-refractivity contribution in [2.45, 2.75) is 19.9 Å². The van der Waals surface area contributed by atoms with Crippen molar-refractivity contribution in [3.05, 3.63) is 16.6 Å². The summed E-state index contributed by atoms with van der Waals surface area (Å²) in [6.45, 7) is 4.94. The van der Waals surface area contributed by atoms with Crippen LogP contribution in [0.5, 0.6) is 0 Å². The Labute approximate surface area is 151 Å².